The summed E-state index contributed by atoms with van der Waals surface area (Å²) in [5, 5.41) is 0. The summed E-state index contributed by atoms with van der Waals surface area (Å²) < 4.78 is 16.9. The van der Waals surface area contributed by atoms with Crippen LogP contribution in [0.15, 0.2) is 42.5 Å². The van der Waals surface area contributed by atoms with Gasteiger partial charge in [-0.2, -0.15) is 0 Å². The van der Waals surface area contributed by atoms with Gasteiger partial charge in [-0.1, -0.05) is 39.0 Å². The van der Waals surface area contributed by atoms with E-state index in [9.17, 15) is 0 Å². The van der Waals surface area contributed by atoms with E-state index in [1.165, 1.54) is 5.56 Å². The van der Waals surface area contributed by atoms with Crippen LogP contribution in [0.4, 0.5) is 0 Å². The zero-order valence-corrected chi connectivity index (χ0v) is 15.7. The lowest BCUT2D eigenvalue weighted by Gasteiger charge is -2.19. The van der Waals surface area contributed by atoms with E-state index in [0.717, 1.165) is 29.2 Å². The van der Waals surface area contributed by atoms with Gasteiger partial charge in [0.1, 0.15) is 19.0 Å². The second-order valence-electron chi connectivity index (χ2n) is 7.00. The summed E-state index contributed by atoms with van der Waals surface area (Å²) in [6.07, 6.45) is 0.816. The van der Waals surface area contributed by atoms with Crippen LogP contribution >= 0.6 is 0 Å². The Balaban J connectivity index is 1.87. The maximum absolute atomic E-state index is 5.82. The molecule has 0 saturated heterocycles. The predicted octanol–water partition coefficient (Wildman–Crippen LogP) is 3.95. The molecule has 0 heterocycles. The van der Waals surface area contributed by atoms with Crippen LogP contribution < -0.4 is 19.9 Å². The van der Waals surface area contributed by atoms with Gasteiger partial charge in [-0.05, 0) is 53.8 Å². The predicted molar refractivity (Wildman–Crippen MR) is 102 cm³/mol. The molecule has 0 fully saturated rings. The summed E-state index contributed by atoms with van der Waals surface area (Å²) in [5.74, 6) is 2.29. The highest BCUT2D eigenvalue weighted by Gasteiger charge is 2.13. The van der Waals surface area contributed by atoms with Crippen molar-refractivity contribution in [1.29, 1.82) is 0 Å². The largest absolute Gasteiger partial charge is 0.493 e. The fourth-order valence-electron chi connectivity index (χ4n) is 2.52. The zero-order chi connectivity index (χ0) is 18.3. The second kappa shape index (κ2) is 8.77. The Labute approximate surface area is 150 Å². The van der Waals surface area contributed by atoms with E-state index in [2.05, 4.69) is 32.9 Å². The maximum atomic E-state index is 5.82. The first-order chi connectivity index (χ1) is 11.9. The molecule has 2 rings (SSSR count). The normalized spacial score (nSPS) is 11.2. The highest BCUT2D eigenvalue weighted by Crippen LogP contribution is 2.28. The van der Waals surface area contributed by atoms with Gasteiger partial charge in [0.15, 0.2) is 11.5 Å². The van der Waals surface area contributed by atoms with E-state index in [-0.39, 0.29) is 5.41 Å². The standard InChI is InChI=1S/C21H29NO3/c1-21(2,3)17-6-8-18(9-7-17)24-13-14-25-20-15-16(11-12-22)5-10-19(20)23-4/h5-10,15H,11-14,22H2,1-4H3. The van der Waals surface area contributed by atoms with Crippen molar-refractivity contribution in [1.82, 2.24) is 0 Å². The number of rotatable bonds is 8. The minimum Gasteiger partial charge on any atom is -0.493 e. The molecule has 0 aliphatic heterocycles. The Morgan fingerprint density at radius 1 is 0.880 bits per heavy atom. The van der Waals surface area contributed by atoms with Crippen molar-refractivity contribution < 1.29 is 14.2 Å². The molecule has 0 bridgehead atoms. The quantitative estimate of drug-likeness (QED) is 0.737. The Bertz CT molecular complexity index is 660. The number of methoxy groups -OCH3 is 1. The molecule has 0 amide bonds. The molecule has 0 aliphatic rings. The van der Waals surface area contributed by atoms with Gasteiger partial charge in [0.05, 0.1) is 7.11 Å². The van der Waals surface area contributed by atoms with Crippen LogP contribution in [-0.2, 0) is 11.8 Å². The first-order valence-electron chi connectivity index (χ1n) is 8.67. The van der Waals surface area contributed by atoms with Gasteiger partial charge >= 0.3 is 0 Å². The molecule has 0 spiro atoms. The number of hydrogen-bond acceptors (Lipinski definition) is 4. The molecule has 0 radical (unpaired) electrons. The van der Waals surface area contributed by atoms with Gasteiger partial charge in [0.25, 0.3) is 0 Å². The van der Waals surface area contributed by atoms with Crippen LogP contribution in [0.3, 0.4) is 0 Å². The first kappa shape index (κ1) is 19.1. The molecule has 0 atom stereocenters. The molecule has 4 heteroatoms. The Morgan fingerprint density at radius 3 is 2.16 bits per heavy atom. The zero-order valence-electron chi connectivity index (χ0n) is 15.7. The topological polar surface area (TPSA) is 53.7 Å². The van der Waals surface area contributed by atoms with Crippen LogP contribution in [0.1, 0.15) is 31.9 Å². The average molecular weight is 343 g/mol. The average Bonchev–Trinajstić information content (AvgIpc) is 2.59. The van der Waals surface area contributed by atoms with Gasteiger partial charge in [-0.15, -0.1) is 0 Å². The van der Waals surface area contributed by atoms with Crippen LogP contribution in [0, 0.1) is 0 Å². The number of nitrogens with two attached hydrogens (primary N) is 1. The van der Waals surface area contributed by atoms with Gasteiger partial charge in [0, 0.05) is 0 Å². The molecule has 0 saturated carbocycles. The van der Waals surface area contributed by atoms with Gasteiger partial charge < -0.3 is 19.9 Å². The third-order valence-corrected chi connectivity index (χ3v) is 3.99. The summed E-state index contributed by atoms with van der Waals surface area (Å²) in [4.78, 5) is 0. The van der Waals surface area contributed by atoms with Crippen molar-refractivity contribution in [3.8, 4) is 17.2 Å². The van der Waals surface area contributed by atoms with Gasteiger partial charge in [-0.3, -0.25) is 0 Å². The van der Waals surface area contributed by atoms with E-state index >= 15 is 0 Å². The summed E-state index contributed by atoms with van der Waals surface area (Å²) in [7, 11) is 1.64. The van der Waals surface area contributed by atoms with E-state index in [1.54, 1.807) is 7.11 Å². The van der Waals surface area contributed by atoms with E-state index in [0.29, 0.717) is 19.8 Å². The van der Waals surface area contributed by atoms with Crippen molar-refractivity contribution in [3.63, 3.8) is 0 Å². The van der Waals surface area contributed by atoms with Crippen LogP contribution in [0.2, 0.25) is 0 Å². The lowest BCUT2D eigenvalue weighted by molar-refractivity contribution is 0.211. The molecule has 136 valence electrons. The molecule has 0 unspecified atom stereocenters. The fraction of sp³-hybridized carbons (Fsp3) is 0.429. The summed E-state index contributed by atoms with van der Waals surface area (Å²) in [6.45, 7) is 8.12. The van der Waals surface area contributed by atoms with E-state index in [4.69, 9.17) is 19.9 Å². The summed E-state index contributed by atoms with van der Waals surface area (Å²) in [5.41, 5.74) is 8.18. The van der Waals surface area contributed by atoms with E-state index < -0.39 is 0 Å². The number of ether oxygens (including phenoxy) is 3. The third-order valence-electron chi connectivity index (χ3n) is 3.99. The molecule has 2 N–H and O–H groups in total. The van der Waals surface area contributed by atoms with Crippen molar-refractivity contribution in [2.24, 2.45) is 5.73 Å². The van der Waals surface area contributed by atoms with Crippen LogP contribution in [0.5, 0.6) is 17.2 Å². The molecule has 4 nitrogen and oxygen atoms in total. The lowest BCUT2D eigenvalue weighted by Crippen LogP contribution is -2.12. The summed E-state index contributed by atoms with van der Waals surface area (Å²) in [6, 6.07) is 14.1. The minimum atomic E-state index is 0.146. The van der Waals surface area contributed by atoms with Crippen molar-refractivity contribution in [3.05, 3.63) is 53.6 Å². The van der Waals surface area contributed by atoms with E-state index in [1.807, 2.05) is 30.3 Å². The minimum absolute atomic E-state index is 0.146. The molecule has 0 aliphatic carbocycles. The Morgan fingerprint density at radius 2 is 1.56 bits per heavy atom. The SMILES string of the molecule is COc1ccc(CCN)cc1OCCOc1ccc(C(C)(C)C)cc1. The summed E-state index contributed by atoms with van der Waals surface area (Å²) >= 11 is 0. The number of benzene rings is 2. The molecule has 2 aromatic carbocycles. The molecule has 0 aromatic heterocycles. The second-order valence-corrected chi connectivity index (χ2v) is 7.00. The van der Waals surface area contributed by atoms with Gasteiger partial charge in [0.2, 0.25) is 0 Å². The van der Waals surface area contributed by atoms with Gasteiger partial charge in [-0.25, -0.2) is 0 Å². The Hall–Kier alpha value is -2.20. The molecule has 25 heavy (non-hydrogen) atoms. The Kier molecular flexibility index (Phi) is 6.71. The molecular weight excluding hydrogens is 314 g/mol. The number of hydrogen-bond donors (Lipinski definition) is 1. The van der Waals surface area contributed by atoms with Crippen LogP contribution in [0.25, 0.3) is 0 Å². The lowest BCUT2D eigenvalue weighted by atomic mass is 9.87. The monoisotopic (exact) mass is 343 g/mol. The first-order valence-corrected chi connectivity index (χ1v) is 8.67. The maximum Gasteiger partial charge on any atom is 0.161 e. The smallest absolute Gasteiger partial charge is 0.161 e. The highest BCUT2D eigenvalue weighted by atomic mass is 16.5. The van der Waals surface area contributed by atoms with Crippen molar-refractivity contribution >= 4 is 0 Å². The highest BCUT2D eigenvalue weighted by molar-refractivity contribution is 5.43. The third kappa shape index (κ3) is 5.68. The van der Waals surface area contributed by atoms with Crippen molar-refractivity contribution in [2.75, 3.05) is 26.9 Å². The molecule has 2 aromatic rings. The molecular formula is C21H29NO3. The van der Waals surface area contributed by atoms with Crippen LogP contribution in [-0.4, -0.2) is 26.9 Å². The van der Waals surface area contributed by atoms with Crippen molar-refractivity contribution in [2.45, 2.75) is 32.6 Å². The fourth-order valence-corrected chi connectivity index (χ4v) is 2.52.